The standard InChI is InChI=1S/C30H40Cl2N4.ClHO4/c1-8-34-26-20-23(31)24(32)21-27(26)35(18-13-19-36(6,7)9-2)29(34)17-12-16-28-30(3,4)22-14-10-11-15-25(22)33(28)5;2-1(3,4)5/h10-12,14-17,20-21H,8-9,13,18-19H2,1-7H3;(H,2,3,4,5)/q+2;/p-1. The number of fused-ring (bicyclic) bond motifs is 2. The molecule has 41 heavy (non-hydrogen) atoms. The number of benzene rings is 2. The van der Waals surface area contributed by atoms with E-state index in [0.717, 1.165) is 48.1 Å². The normalized spacial score (nSPS) is 16.0. The fourth-order valence-electron chi connectivity index (χ4n) is 5.44. The SMILES string of the molecule is CCn1c(C=CC=C2N(C)c3ccccc3C2(C)C)[n+](CCC[N+](C)(C)CC)c2cc(Cl)c(Cl)cc21.[O-][Cl+3]([O-])([O-])[O-]. The second-order valence-corrected chi connectivity index (χ2v) is 12.9. The van der Waals surface area contributed by atoms with Crippen LogP contribution in [0.3, 0.4) is 0 Å². The van der Waals surface area contributed by atoms with E-state index in [1.165, 1.54) is 22.8 Å². The van der Waals surface area contributed by atoms with Gasteiger partial charge in [0.25, 0.3) is 5.82 Å². The third-order valence-electron chi connectivity index (χ3n) is 7.91. The Morgan fingerprint density at radius 1 is 1.02 bits per heavy atom. The molecule has 0 spiro atoms. The van der Waals surface area contributed by atoms with Crippen molar-refractivity contribution in [3.05, 3.63) is 75.7 Å². The molecular weight excluding hydrogens is 587 g/mol. The van der Waals surface area contributed by atoms with Crippen molar-refractivity contribution in [3.63, 3.8) is 0 Å². The van der Waals surface area contributed by atoms with E-state index in [1.54, 1.807) is 0 Å². The molecule has 0 fully saturated rings. The predicted octanol–water partition coefficient (Wildman–Crippen LogP) is 2.31. The van der Waals surface area contributed by atoms with Crippen LogP contribution in [0.1, 0.15) is 45.5 Å². The summed E-state index contributed by atoms with van der Waals surface area (Å²) in [6.45, 7) is 13.1. The maximum absolute atomic E-state index is 8.49. The summed E-state index contributed by atoms with van der Waals surface area (Å²) in [5, 5.41) is 1.19. The van der Waals surface area contributed by atoms with Gasteiger partial charge in [-0.1, -0.05) is 61.3 Å². The minimum atomic E-state index is -4.94. The molecule has 0 aliphatic carbocycles. The number of likely N-dealkylation sites (N-methyl/N-ethyl adjacent to an activating group) is 1. The van der Waals surface area contributed by atoms with Gasteiger partial charge < -0.3 is 9.38 Å². The molecule has 0 atom stereocenters. The molecule has 1 aliphatic heterocycles. The van der Waals surface area contributed by atoms with Gasteiger partial charge >= 0.3 is 0 Å². The van der Waals surface area contributed by atoms with Crippen LogP contribution in [-0.2, 0) is 18.5 Å². The van der Waals surface area contributed by atoms with Crippen molar-refractivity contribution >= 4 is 46.0 Å². The lowest BCUT2D eigenvalue weighted by Crippen LogP contribution is -2.68. The summed E-state index contributed by atoms with van der Waals surface area (Å²) in [5.74, 6) is 1.17. The molecule has 1 aliphatic rings. The molecule has 0 radical (unpaired) electrons. The molecule has 11 heteroatoms. The highest BCUT2D eigenvalue weighted by Crippen LogP contribution is 2.46. The van der Waals surface area contributed by atoms with Crippen molar-refractivity contribution in [2.24, 2.45) is 0 Å². The van der Waals surface area contributed by atoms with Gasteiger partial charge in [0, 0.05) is 48.5 Å². The van der Waals surface area contributed by atoms with Crippen LogP contribution in [0.4, 0.5) is 5.69 Å². The van der Waals surface area contributed by atoms with Crippen molar-refractivity contribution in [2.45, 2.75) is 52.6 Å². The summed E-state index contributed by atoms with van der Waals surface area (Å²) < 4.78 is 39.7. The van der Waals surface area contributed by atoms with Crippen LogP contribution in [-0.4, -0.2) is 43.3 Å². The van der Waals surface area contributed by atoms with E-state index in [0.29, 0.717) is 10.0 Å². The molecule has 2 aromatic carbocycles. The van der Waals surface area contributed by atoms with Gasteiger partial charge in [-0.2, -0.15) is 0 Å². The molecule has 8 nitrogen and oxygen atoms in total. The van der Waals surface area contributed by atoms with Crippen molar-refractivity contribution in [3.8, 4) is 0 Å². The number of halogens is 3. The smallest absolute Gasteiger partial charge is 0.282 e. The quantitative estimate of drug-likeness (QED) is 0.282. The zero-order valence-corrected chi connectivity index (χ0v) is 27.1. The number of aryl methyl sites for hydroxylation is 2. The number of imidazole rings is 1. The number of anilines is 1. The first kappa shape index (κ1) is 33.4. The number of nitrogens with zero attached hydrogens (tertiary/aromatic N) is 4. The summed E-state index contributed by atoms with van der Waals surface area (Å²) in [6.07, 6.45) is 7.79. The van der Waals surface area contributed by atoms with Gasteiger partial charge in [0.15, 0.2) is 11.0 Å². The average Bonchev–Trinajstić information content (AvgIpc) is 3.26. The molecule has 0 bridgehead atoms. The molecule has 2 heterocycles. The average molecular weight is 627 g/mol. The molecule has 224 valence electrons. The van der Waals surface area contributed by atoms with Crippen LogP contribution in [0.15, 0.2) is 54.2 Å². The Bertz CT molecular complexity index is 1440. The second kappa shape index (κ2) is 13.0. The maximum atomic E-state index is 8.49. The lowest BCUT2D eigenvalue weighted by molar-refractivity contribution is -2.00. The molecule has 0 N–H and O–H groups in total. The molecule has 0 amide bonds. The van der Waals surface area contributed by atoms with Crippen molar-refractivity contribution in [1.82, 2.24) is 4.57 Å². The van der Waals surface area contributed by atoms with Crippen LogP contribution in [0, 0.1) is 10.2 Å². The minimum absolute atomic E-state index is 0.0478. The van der Waals surface area contributed by atoms with Crippen LogP contribution in [0.25, 0.3) is 17.1 Å². The molecule has 0 saturated heterocycles. The van der Waals surface area contributed by atoms with E-state index in [-0.39, 0.29) is 5.41 Å². The van der Waals surface area contributed by atoms with Crippen LogP contribution >= 0.6 is 23.2 Å². The van der Waals surface area contributed by atoms with Gasteiger partial charge in [0.05, 0.1) is 50.3 Å². The highest BCUT2D eigenvalue weighted by atomic mass is 35.7. The zero-order valence-electron chi connectivity index (χ0n) is 24.8. The van der Waals surface area contributed by atoms with Crippen molar-refractivity contribution in [2.75, 3.05) is 39.1 Å². The molecular formula is C30H40Cl3N4O4+. The van der Waals surface area contributed by atoms with Crippen LogP contribution in [0.5, 0.6) is 0 Å². The van der Waals surface area contributed by atoms with Gasteiger partial charge in [0.1, 0.15) is 0 Å². The van der Waals surface area contributed by atoms with Crippen LogP contribution in [0.2, 0.25) is 10.0 Å². The minimum Gasteiger partial charge on any atom is -0.347 e. The highest BCUT2D eigenvalue weighted by Gasteiger charge is 2.37. The summed E-state index contributed by atoms with van der Waals surface area (Å²) in [6, 6.07) is 12.7. The first-order valence-electron chi connectivity index (χ1n) is 13.6. The Balaban J connectivity index is 0.000000850. The summed E-state index contributed by atoms with van der Waals surface area (Å²) >= 11 is 12.9. The van der Waals surface area contributed by atoms with E-state index < -0.39 is 10.2 Å². The van der Waals surface area contributed by atoms with E-state index in [9.17, 15) is 0 Å². The monoisotopic (exact) mass is 625 g/mol. The Morgan fingerprint density at radius 3 is 2.22 bits per heavy atom. The van der Waals surface area contributed by atoms with Gasteiger partial charge in [0.2, 0.25) is 0 Å². The summed E-state index contributed by atoms with van der Waals surface area (Å²) in [7, 11) is 1.80. The topological polar surface area (TPSA) is 104 Å². The Hall–Kier alpha value is -2.14. The van der Waals surface area contributed by atoms with Gasteiger partial charge in [-0.25, -0.2) is 27.8 Å². The van der Waals surface area contributed by atoms with E-state index in [1.807, 2.05) is 12.1 Å². The van der Waals surface area contributed by atoms with Gasteiger partial charge in [-0.15, -0.1) is 10.2 Å². The second-order valence-electron chi connectivity index (χ2n) is 11.3. The largest absolute Gasteiger partial charge is 0.347 e. The fraction of sp³-hybridized carbons (Fsp3) is 0.433. The van der Waals surface area contributed by atoms with Crippen molar-refractivity contribution in [1.29, 1.82) is 0 Å². The van der Waals surface area contributed by atoms with Crippen LogP contribution < -0.4 is 28.1 Å². The molecule has 3 aromatic rings. The zero-order chi connectivity index (χ0) is 30.8. The van der Waals surface area contributed by atoms with Crippen molar-refractivity contribution < 1.29 is 37.9 Å². The van der Waals surface area contributed by atoms with Gasteiger partial charge in [-0.3, -0.25) is 0 Å². The number of allylic oxidation sites excluding steroid dienone is 3. The summed E-state index contributed by atoms with van der Waals surface area (Å²) in [5.41, 5.74) is 6.14. The number of rotatable bonds is 8. The lowest BCUT2D eigenvalue weighted by Gasteiger charge is -2.27. The highest BCUT2D eigenvalue weighted by molar-refractivity contribution is 6.42. The number of hydrogen-bond acceptors (Lipinski definition) is 5. The van der Waals surface area contributed by atoms with Gasteiger partial charge in [-0.05, 0) is 31.6 Å². The third kappa shape index (κ3) is 7.83. The molecule has 0 unspecified atom stereocenters. The molecule has 4 rings (SSSR count). The first-order valence-corrected chi connectivity index (χ1v) is 15.6. The predicted molar refractivity (Wildman–Crippen MR) is 155 cm³/mol. The van der Waals surface area contributed by atoms with E-state index in [4.69, 9.17) is 41.8 Å². The molecule has 0 saturated carbocycles. The molecule has 1 aromatic heterocycles. The number of para-hydroxylation sites is 1. The third-order valence-corrected chi connectivity index (χ3v) is 8.63. The summed E-state index contributed by atoms with van der Waals surface area (Å²) in [4.78, 5) is 2.31. The number of aromatic nitrogens is 2. The Labute approximate surface area is 255 Å². The maximum Gasteiger partial charge on any atom is 0.282 e. The number of quaternary nitrogens is 1. The Kier molecular flexibility index (Phi) is 10.6. The lowest BCUT2D eigenvalue weighted by atomic mass is 9.84. The fourth-order valence-corrected chi connectivity index (χ4v) is 5.76. The number of hydrogen-bond donors (Lipinski definition) is 0. The Morgan fingerprint density at radius 2 is 1.63 bits per heavy atom. The first-order chi connectivity index (χ1) is 19.0. The van der Waals surface area contributed by atoms with E-state index >= 15 is 0 Å². The van der Waals surface area contributed by atoms with E-state index in [2.05, 4.69) is 105 Å².